The standard InChI is InChI=1S/C14H23N3O.2ClH/c1-11-5-6-12(8-16-11)7-13(18)17(4)10-14(2,3)9-15;;/h5-6,8H,7,9-10,15H2,1-4H3;2*1H. The lowest BCUT2D eigenvalue weighted by molar-refractivity contribution is -0.130. The number of aromatic nitrogens is 1. The second-order valence-corrected chi connectivity index (χ2v) is 5.60. The monoisotopic (exact) mass is 321 g/mol. The van der Waals surface area contributed by atoms with E-state index < -0.39 is 0 Å². The molecule has 2 N–H and O–H groups in total. The van der Waals surface area contributed by atoms with Gasteiger partial charge >= 0.3 is 0 Å². The molecule has 20 heavy (non-hydrogen) atoms. The van der Waals surface area contributed by atoms with E-state index in [1.165, 1.54) is 0 Å². The molecule has 0 aliphatic rings. The first kappa shape index (κ1) is 21.5. The van der Waals surface area contributed by atoms with Crippen LogP contribution in [-0.4, -0.2) is 35.9 Å². The van der Waals surface area contributed by atoms with Crippen LogP contribution in [0, 0.1) is 12.3 Å². The van der Waals surface area contributed by atoms with Gasteiger partial charge in [-0.2, -0.15) is 0 Å². The van der Waals surface area contributed by atoms with Crippen molar-refractivity contribution in [3.8, 4) is 0 Å². The number of carbonyl (C=O) groups excluding carboxylic acids is 1. The van der Waals surface area contributed by atoms with Crippen LogP contribution in [0.25, 0.3) is 0 Å². The van der Waals surface area contributed by atoms with Gasteiger partial charge in [0.2, 0.25) is 5.91 Å². The number of carbonyl (C=O) groups is 1. The zero-order valence-electron chi connectivity index (χ0n) is 12.5. The maximum absolute atomic E-state index is 12.0. The summed E-state index contributed by atoms with van der Waals surface area (Å²) in [6.45, 7) is 7.29. The van der Waals surface area contributed by atoms with E-state index in [1.54, 1.807) is 11.1 Å². The van der Waals surface area contributed by atoms with Gasteiger partial charge in [0.25, 0.3) is 0 Å². The molecular formula is C14H25Cl2N3O. The molecule has 1 heterocycles. The van der Waals surface area contributed by atoms with E-state index in [2.05, 4.69) is 18.8 Å². The molecule has 0 spiro atoms. The van der Waals surface area contributed by atoms with Gasteiger partial charge in [0, 0.05) is 25.5 Å². The normalized spacial score (nSPS) is 10.2. The van der Waals surface area contributed by atoms with Crippen LogP contribution in [0.4, 0.5) is 0 Å². The summed E-state index contributed by atoms with van der Waals surface area (Å²) in [5, 5.41) is 0. The Bertz CT molecular complexity index is 407. The Labute approximate surface area is 134 Å². The highest BCUT2D eigenvalue weighted by molar-refractivity contribution is 5.85. The van der Waals surface area contributed by atoms with E-state index in [1.807, 2.05) is 26.1 Å². The SMILES string of the molecule is Cc1ccc(CC(=O)N(C)CC(C)(C)CN)cn1.Cl.Cl. The molecule has 1 amide bonds. The number of nitrogens with zero attached hydrogens (tertiary/aromatic N) is 2. The summed E-state index contributed by atoms with van der Waals surface area (Å²) in [4.78, 5) is 18.0. The van der Waals surface area contributed by atoms with E-state index in [0.29, 0.717) is 19.5 Å². The van der Waals surface area contributed by atoms with Gasteiger partial charge in [-0.3, -0.25) is 9.78 Å². The lowest BCUT2D eigenvalue weighted by Crippen LogP contribution is -2.40. The van der Waals surface area contributed by atoms with Crippen LogP contribution in [0.1, 0.15) is 25.1 Å². The van der Waals surface area contributed by atoms with Crippen molar-refractivity contribution >= 4 is 30.7 Å². The summed E-state index contributed by atoms with van der Waals surface area (Å²) in [5.74, 6) is 0.0992. The van der Waals surface area contributed by atoms with Crippen LogP contribution >= 0.6 is 24.8 Å². The maximum atomic E-state index is 12.0. The number of rotatable bonds is 5. The highest BCUT2D eigenvalue weighted by Crippen LogP contribution is 2.14. The molecule has 0 atom stereocenters. The summed E-state index contributed by atoms with van der Waals surface area (Å²) < 4.78 is 0. The van der Waals surface area contributed by atoms with Crippen LogP contribution in [0.3, 0.4) is 0 Å². The topological polar surface area (TPSA) is 59.2 Å². The fraction of sp³-hybridized carbons (Fsp3) is 0.571. The van der Waals surface area contributed by atoms with Gasteiger partial charge in [-0.15, -0.1) is 24.8 Å². The van der Waals surface area contributed by atoms with Gasteiger partial charge < -0.3 is 10.6 Å². The summed E-state index contributed by atoms with van der Waals surface area (Å²) in [6.07, 6.45) is 2.15. The Morgan fingerprint density at radius 2 is 1.95 bits per heavy atom. The van der Waals surface area contributed by atoms with Gasteiger partial charge in [0.05, 0.1) is 6.42 Å². The predicted octanol–water partition coefficient (Wildman–Crippen LogP) is 2.22. The average molecular weight is 322 g/mol. The number of amides is 1. The van der Waals surface area contributed by atoms with Gasteiger partial charge in [-0.1, -0.05) is 19.9 Å². The third-order valence-electron chi connectivity index (χ3n) is 2.97. The van der Waals surface area contributed by atoms with Crippen molar-refractivity contribution in [2.45, 2.75) is 27.2 Å². The quantitative estimate of drug-likeness (QED) is 0.904. The lowest BCUT2D eigenvalue weighted by Gasteiger charge is -2.29. The Morgan fingerprint density at radius 1 is 1.35 bits per heavy atom. The highest BCUT2D eigenvalue weighted by atomic mass is 35.5. The lowest BCUT2D eigenvalue weighted by atomic mass is 9.93. The Balaban J connectivity index is 0. The molecule has 0 unspecified atom stereocenters. The van der Waals surface area contributed by atoms with Crippen LogP contribution in [0.15, 0.2) is 18.3 Å². The molecule has 0 radical (unpaired) electrons. The molecule has 1 aromatic rings. The summed E-state index contributed by atoms with van der Waals surface area (Å²) in [7, 11) is 1.82. The van der Waals surface area contributed by atoms with Crippen molar-refractivity contribution in [1.29, 1.82) is 0 Å². The van der Waals surface area contributed by atoms with Crippen molar-refractivity contribution in [2.24, 2.45) is 11.1 Å². The maximum Gasteiger partial charge on any atom is 0.226 e. The number of hydrogen-bond acceptors (Lipinski definition) is 3. The van der Waals surface area contributed by atoms with Crippen molar-refractivity contribution in [2.75, 3.05) is 20.1 Å². The smallest absolute Gasteiger partial charge is 0.226 e. The average Bonchev–Trinajstić information content (AvgIpc) is 2.31. The minimum atomic E-state index is -0.0457. The molecule has 0 aliphatic heterocycles. The molecule has 0 aliphatic carbocycles. The Hall–Kier alpha value is -0.840. The second-order valence-electron chi connectivity index (χ2n) is 5.60. The van der Waals surface area contributed by atoms with E-state index in [4.69, 9.17) is 5.73 Å². The summed E-state index contributed by atoms with van der Waals surface area (Å²) >= 11 is 0. The van der Waals surface area contributed by atoms with E-state index in [9.17, 15) is 4.79 Å². The number of aryl methyl sites for hydroxylation is 1. The van der Waals surface area contributed by atoms with Crippen molar-refractivity contribution in [1.82, 2.24) is 9.88 Å². The number of halogens is 2. The zero-order valence-corrected chi connectivity index (χ0v) is 14.2. The molecule has 0 fully saturated rings. The van der Waals surface area contributed by atoms with E-state index >= 15 is 0 Å². The van der Waals surface area contributed by atoms with Gasteiger partial charge in [-0.05, 0) is 30.5 Å². The van der Waals surface area contributed by atoms with Crippen LogP contribution in [0.2, 0.25) is 0 Å². The molecular weight excluding hydrogens is 297 g/mol. The molecule has 1 aromatic heterocycles. The fourth-order valence-corrected chi connectivity index (χ4v) is 1.71. The van der Waals surface area contributed by atoms with Gasteiger partial charge in [0.1, 0.15) is 0 Å². The number of nitrogens with two attached hydrogens (primary N) is 1. The number of pyridine rings is 1. The Kier molecular flexibility index (Phi) is 9.83. The minimum absolute atomic E-state index is 0. The highest BCUT2D eigenvalue weighted by Gasteiger charge is 2.21. The number of hydrogen-bond donors (Lipinski definition) is 1. The number of likely N-dealkylation sites (N-methyl/N-ethyl adjacent to an activating group) is 1. The molecule has 116 valence electrons. The molecule has 1 rings (SSSR count). The largest absolute Gasteiger partial charge is 0.345 e. The first-order chi connectivity index (χ1) is 8.34. The van der Waals surface area contributed by atoms with Crippen LogP contribution in [-0.2, 0) is 11.2 Å². The third kappa shape index (κ3) is 7.08. The van der Waals surface area contributed by atoms with E-state index in [-0.39, 0.29) is 36.1 Å². The molecule has 4 nitrogen and oxygen atoms in total. The van der Waals surface area contributed by atoms with Crippen LogP contribution < -0.4 is 5.73 Å². The predicted molar refractivity (Wildman–Crippen MR) is 87.6 cm³/mol. The van der Waals surface area contributed by atoms with Crippen LogP contribution in [0.5, 0.6) is 0 Å². The first-order valence-electron chi connectivity index (χ1n) is 6.19. The summed E-state index contributed by atoms with van der Waals surface area (Å²) in [6, 6.07) is 3.87. The van der Waals surface area contributed by atoms with Crippen molar-refractivity contribution in [3.63, 3.8) is 0 Å². The second kappa shape index (κ2) is 9.16. The third-order valence-corrected chi connectivity index (χ3v) is 2.97. The molecule has 0 saturated heterocycles. The van der Waals surface area contributed by atoms with Gasteiger partial charge in [-0.25, -0.2) is 0 Å². The first-order valence-corrected chi connectivity index (χ1v) is 6.19. The fourth-order valence-electron chi connectivity index (χ4n) is 1.71. The molecule has 0 aromatic carbocycles. The molecule has 6 heteroatoms. The van der Waals surface area contributed by atoms with E-state index in [0.717, 1.165) is 11.3 Å². The van der Waals surface area contributed by atoms with Crippen molar-refractivity contribution < 1.29 is 4.79 Å². The van der Waals surface area contributed by atoms with Crippen molar-refractivity contribution in [3.05, 3.63) is 29.6 Å². The summed E-state index contributed by atoms with van der Waals surface area (Å²) in [5.41, 5.74) is 7.54. The Morgan fingerprint density at radius 3 is 2.40 bits per heavy atom. The zero-order chi connectivity index (χ0) is 13.8. The molecule has 0 saturated carbocycles. The molecule has 0 bridgehead atoms. The van der Waals surface area contributed by atoms with Gasteiger partial charge in [0.15, 0.2) is 0 Å². The minimum Gasteiger partial charge on any atom is -0.345 e.